The van der Waals surface area contributed by atoms with E-state index in [1.165, 1.54) is 44.8 Å². The van der Waals surface area contributed by atoms with Crippen molar-refractivity contribution in [3.8, 4) is 11.1 Å². The Morgan fingerprint density at radius 2 is 1.25 bits per heavy atom. The summed E-state index contributed by atoms with van der Waals surface area (Å²) in [6.45, 7) is 21.0. The van der Waals surface area contributed by atoms with Gasteiger partial charge in [-0.2, -0.15) is 0 Å². The smallest absolute Gasteiger partial charge is 0.0457 e. The van der Waals surface area contributed by atoms with Gasteiger partial charge in [0, 0.05) is 22.3 Å². The molecule has 168 valence electrons. The number of hydrogen-bond donors (Lipinski definition) is 0. The molecule has 0 fully saturated rings. The van der Waals surface area contributed by atoms with Crippen LogP contribution in [0.3, 0.4) is 0 Å². The lowest BCUT2D eigenvalue weighted by Gasteiger charge is -2.41. The maximum atomic E-state index is 2.59. The van der Waals surface area contributed by atoms with Gasteiger partial charge >= 0.3 is 0 Å². The number of fused-ring (bicyclic) bond motifs is 3. The van der Waals surface area contributed by atoms with Crippen LogP contribution in [0.4, 0.5) is 11.4 Å². The first-order valence-electron chi connectivity index (χ1n) is 12.1. The van der Waals surface area contributed by atoms with Gasteiger partial charge in [0.2, 0.25) is 0 Å². The van der Waals surface area contributed by atoms with Gasteiger partial charge in [-0.25, -0.2) is 0 Å². The summed E-state index contributed by atoms with van der Waals surface area (Å²) in [7, 11) is 0. The average molecular weight is 426 g/mol. The van der Waals surface area contributed by atoms with E-state index >= 15 is 0 Å². The van der Waals surface area contributed by atoms with Crippen molar-refractivity contribution in [1.82, 2.24) is 0 Å². The lowest BCUT2D eigenvalue weighted by molar-refractivity contribution is 0.554. The molecule has 0 radical (unpaired) electrons. The summed E-state index contributed by atoms with van der Waals surface area (Å²) in [5.74, 6) is 0.901. The van der Waals surface area contributed by atoms with Crippen LogP contribution >= 0.6 is 0 Å². The van der Waals surface area contributed by atoms with Crippen LogP contribution in [-0.2, 0) is 5.41 Å². The summed E-state index contributed by atoms with van der Waals surface area (Å²) in [4.78, 5) is 2.59. The lowest BCUT2D eigenvalue weighted by Crippen LogP contribution is -2.39. The second kappa shape index (κ2) is 7.80. The molecule has 1 aliphatic rings. The molecule has 1 heteroatoms. The molecule has 1 aliphatic carbocycles. The summed E-state index contributed by atoms with van der Waals surface area (Å²) in [5.41, 5.74) is 11.1. The molecule has 0 spiro atoms. The highest BCUT2D eigenvalue weighted by molar-refractivity contribution is 5.86. The molecule has 1 nitrogen and oxygen atoms in total. The van der Waals surface area contributed by atoms with Gasteiger partial charge in [-0.3, -0.25) is 0 Å². The molecule has 0 unspecified atom stereocenters. The monoisotopic (exact) mass is 425 g/mol. The lowest BCUT2D eigenvalue weighted by atomic mass is 9.80. The number of hydrogen-bond acceptors (Lipinski definition) is 1. The molecule has 4 rings (SSSR count). The molecular formula is C31H39N. The molecule has 0 saturated heterocycles. The molecule has 32 heavy (non-hydrogen) atoms. The zero-order valence-corrected chi connectivity index (χ0v) is 21.4. The molecule has 0 heterocycles. The van der Waals surface area contributed by atoms with Crippen LogP contribution in [0.15, 0.2) is 60.7 Å². The fraction of sp³-hybridized carbons (Fsp3) is 0.419. The highest BCUT2D eigenvalue weighted by Gasteiger charge is 2.38. The van der Waals surface area contributed by atoms with Crippen LogP contribution in [0.5, 0.6) is 0 Å². The van der Waals surface area contributed by atoms with Crippen LogP contribution < -0.4 is 4.90 Å². The van der Waals surface area contributed by atoms with E-state index in [0.717, 1.165) is 0 Å². The quantitative estimate of drug-likeness (QED) is 0.403. The SMILES string of the molecule is CC(C)c1ccccc1N(c1cc2c(cc1C(C)C)C(C)(C)c1ccccc1-2)C(C)(C)C. The second-order valence-corrected chi connectivity index (χ2v) is 11.5. The van der Waals surface area contributed by atoms with Crippen molar-refractivity contribution in [2.75, 3.05) is 4.90 Å². The van der Waals surface area contributed by atoms with Crippen molar-refractivity contribution in [3.63, 3.8) is 0 Å². The summed E-state index contributed by atoms with van der Waals surface area (Å²) in [6, 6.07) is 22.9. The Kier molecular flexibility index (Phi) is 5.52. The maximum Gasteiger partial charge on any atom is 0.0457 e. The van der Waals surface area contributed by atoms with Gasteiger partial charge < -0.3 is 4.90 Å². The molecule has 0 aromatic heterocycles. The standard InChI is InChI=1S/C31H39N/c1-20(2)22-14-11-13-17-28(22)32(30(5,6)7)29-19-25-23-15-10-12-16-26(23)31(8,9)27(25)18-24(29)21(3)4/h10-21H,1-9H3. The van der Waals surface area contributed by atoms with Crippen LogP contribution in [0, 0.1) is 0 Å². The Hall–Kier alpha value is -2.54. The molecule has 0 saturated carbocycles. The topological polar surface area (TPSA) is 3.24 Å². The second-order valence-electron chi connectivity index (χ2n) is 11.5. The van der Waals surface area contributed by atoms with E-state index in [-0.39, 0.29) is 11.0 Å². The summed E-state index contributed by atoms with van der Waals surface area (Å²) in [6.07, 6.45) is 0. The van der Waals surface area contributed by atoms with Gasteiger partial charge in [-0.15, -0.1) is 0 Å². The molecule has 3 aromatic rings. The Morgan fingerprint density at radius 1 is 0.656 bits per heavy atom. The fourth-order valence-electron chi connectivity index (χ4n) is 5.44. The minimum atomic E-state index is -0.0590. The third kappa shape index (κ3) is 3.56. The number of nitrogens with zero attached hydrogens (tertiary/aromatic N) is 1. The first-order valence-corrected chi connectivity index (χ1v) is 12.1. The van der Waals surface area contributed by atoms with E-state index in [2.05, 4.69) is 128 Å². The minimum absolute atomic E-state index is 0.0243. The number of rotatable bonds is 4. The normalized spacial score (nSPS) is 14.6. The molecule has 0 aliphatic heterocycles. The zero-order chi connectivity index (χ0) is 23.4. The molecule has 0 N–H and O–H groups in total. The first kappa shape index (κ1) is 22.6. The largest absolute Gasteiger partial charge is 0.336 e. The van der Waals surface area contributed by atoms with E-state index in [1.54, 1.807) is 0 Å². The molecule has 0 amide bonds. The highest BCUT2D eigenvalue weighted by Crippen LogP contribution is 2.52. The van der Waals surface area contributed by atoms with Gasteiger partial charge in [0.25, 0.3) is 0 Å². The van der Waals surface area contributed by atoms with Crippen LogP contribution in [-0.4, -0.2) is 5.54 Å². The van der Waals surface area contributed by atoms with E-state index < -0.39 is 0 Å². The van der Waals surface area contributed by atoms with Crippen LogP contribution in [0.25, 0.3) is 11.1 Å². The van der Waals surface area contributed by atoms with E-state index in [1.807, 2.05) is 0 Å². The van der Waals surface area contributed by atoms with Crippen molar-refractivity contribution in [1.29, 1.82) is 0 Å². The maximum absolute atomic E-state index is 2.59. The van der Waals surface area contributed by atoms with Crippen LogP contribution in [0.1, 0.15) is 96.4 Å². The molecule has 0 bridgehead atoms. The Balaban J connectivity index is 2.05. The molecule has 3 aromatic carbocycles. The number of benzene rings is 3. The van der Waals surface area contributed by atoms with Crippen molar-refractivity contribution < 1.29 is 0 Å². The fourth-order valence-corrected chi connectivity index (χ4v) is 5.44. The number of anilines is 2. The van der Waals surface area contributed by atoms with Crippen molar-refractivity contribution in [2.24, 2.45) is 0 Å². The Bertz CT molecular complexity index is 1140. The molecule has 0 atom stereocenters. The van der Waals surface area contributed by atoms with E-state index in [4.69, 9.17) is 0 Å². The van der Waals surface area contributed by atoms with Crippen molar-refractivity contribution >= 4 is 11.4 Å². The van der Waals surface area contributed by atoms with E-state index in [9.17, 15) is 0 Å². The number of para-hydroxylation sites is 1. The highest BCUT2D eigenvalue weighted by atomic mass is 15.2. The predicted molar refractivity (Wildman–Crippen MR) is 141 cm³/mol. The van der Waals surface area contributed by atoms with Crippen LogP contribution in [0.2, 0.25) is 0 Å². The van der Waals surface area contributed by atoms with Gasteiger partial charge in [0.1, 0.15) is 0 Å². The summed E-state index contributed by atoms with van der Waals surface area (Å²) >= 11 is 0. The van der Waals surface area contributed by atoms with Crippen molar-refractivity contribution in [3.05, 3.63) is 82.9 Å². The first-order chi connectivity index (χ1) is 14.9. The Morgan fingerprint density at radius 3 is 1.88 bits per heavy atom. The summed E-state index contributed by atoms with van der Waals surface area (Å²) in [5, 5.41) is 0. The van der Waals surface area contributed by atoms with E-state index in [0.29, 0.717) is 11.8 Å². The minimum Gasteiger partial charge on any atom is -0.336 e. The predicted octanol–water partition coefficient (Wildman–Crippen LogP) is 9.18. The van der Waals surface area contributed by atoms with Gasteiger partial charge in [-0.1, -0.05) is 90.1 Å². The van der Waals surface area contributed by atoms with Crippen molar-refractivity contribution in [2.45, 2.75) is 85.1 Å². The van der Waals surface area contributed by atoms with Gasteiger partial charge in [0.05, 0.1) is 0 Å². The molecular weight excluding hydrogens is 386 g/mol. The zero-order valence-electron chi connectivity index (χ0n) is 21.4. The van der Waals surface area contributed by atoms with Gasteiger partial charge in [-0.05, 0) is 78.1 Å². The van der Waals surface area contributed by atoms with Gasteiger partial charge in [0.15, 0.2) is 0 Å². The third-order valence-electron chi connectivity index (χ3n) is 7.06. The third-order valence-corrected chi connectivity index (χ3v) is 7.06. The Labute approximate surface area is 195 Å². The summed E-state index contributed by atoms with van der Waals surface area (Å²) < 4.78 is 0. The average Bonchev–Trinajstić information content (AvgIpc) is 2.94.